The van der Waals surface area contributed by atoms with Crippen LogP contribution in [0.15, 0.2) is 16.6 Å². The van der Waals surface area contributed by atoms with Crippen LogP contribution in [0.25, 0.3) is 0 Å². The van der Waals surface area contributed by atoms with Crippen molar-refractivity contribution in [3.63, 3.8) is 0 Å². The number of methoxy groups -OCH3 is 1. The largest absolute Gasteiger partial charge is 0.493 e. The Labute approximate surface area is 135 Å². The Morgan fingerprint density at radius 3 is 2.24 bits per heavy atom. The first-order valence-corrected chi connectivity index (χ1v) is 8.20. The van der Waals surface area contributed by atoms with Crippen molar-refractivity contribution in [1.29, 1.82) is 0 Å². The van der Waals surface area contributed by atoms with E-state index < -0.39 is 6.29 Å². The molecule has 1 aromatic carbocycles. The second-order valence-corrected chi connectivity index (χ2v) is 5.32. The van der Waals surface area contributed by atoms with Gasteiger partial charge >= 0.3 is 0 Å². The highest BCUT2D eigenvalue weighted by atomic mass is 79.9. The Bertz CT molecular complexity index is 417. The van der Waals surface area contributed by atoms with Gasteiger partial charge in [-0.05, 0) is 32.4 Å². The van der Waals surface area contributed by atoms with E-state index in [4.69, 9.17) is 18.9 Å². The van der Waals surface area contributed by atoms with Crippen molar-refractivity contribution in [1.82, 2.24) is 0 Å². The molecule has 0 spiro atoms. The third-order valence-electron chi connectivity index (χ3n) is 2.93. The fraction of sp³-hybridized carbons (Fsp3) is 0.625. The van der Waals surface area contributed by atoms with Crippen molar-refractivity contribution in [2.24, 2.45) is 0 Å². The molecule has 4 nitrogen and oxygen atoms in total. The molecule has 1 aromatic rings. The number of rotatable bonds is 10. The average Bonchev–Trinajstić information content (AvgIpc) is 2.48. The third-order valence-corrected chi connectivity index (χ3v) is 3.62. The number of hydrogen-bond acceptors (Lipinski definition) is 4. The molecule has 0 bridgehead atoms. The van der Waals surface area contributed by atoms with E-state index in [1.54, 1.807) is 7.11 Å². The van der Waals surface area contributed by atoms with E-state index in [2.05, 4.69) is 22.9 Å². The van der Waals surface area contributed by atoms with Crippen LogP contribution in [0.2, 0.25) is 0 Å². The maximum Gasteiger partial charge on any atom is 0.184 e. The lowest BCUT2D eigenvalue weighted by molar-refractivity contribution is -0.140. The summed E-state index contributed by atoms with van der Waals surface area (Å²) in [5, 5.41) is 0. The summed E-state index contributed by atoms with van der Waals surface area (Å²) in [6.45, 7) is 7.85. The molecule has 0 radical (unpaired) electrons. The highest BCUT2D eigenvalue weighted by Crippen LogP contribution is 2.37. The molecule has 120 valence electrons. The highest BCUT2D eigenvalue weighted by molar-refractivity contribution is 9.10. The van der Waals surface area contributed by atoms with Crippen molar-refractivity contribution in [3.05, 3.63) is 22.2 Å². The molecule has 0 unspecified atom stereocenters. The van der Waals surface area contributed by atoms with Crippen LogP contribution in [-0.4, -0.2) is 26.9 Å². The van der Waals surface area contributed by atoms with Gasteiger partial charge < -0.3 is 18.9 Å². The van der Waals surface area contributed by atoms with Gasteiger partial charge in [0.2, 0.25) is 0 Å². The Morgan fingerprint density at radius 2 is 1.71 bits per heavy atom. The van der Waals surface area contributed by atoms with Crippen LogP contribution in [-0.2, 0) is 9.47 Å². The Kier molecular flexibility index (Phi) is 8.73. The molecule has 0 aromatic heterocycles. The lowest BCUT2D eigenvalue weighted by Gasteiger charge is -2.20. The molecule has 21 heavy (non-hydrogen) atoms. The van der Waals surface area contributed by atoms with Gasteiger partial charge in [0.25, 0.3) is 0 Å². The summed E-state index contributed by atoms with van der Waals surface area (Å²) in [4.78, 5) is 0. The molecule has 0 heterocycles. The van der Waals surface area contributed by atoms with E-state index in [-0.39, 0.29) is 0 Å². The van der Waals surface area contributed by atoms with Crippen LogP contribution in [0, 0.1) is 0 Å². The molecular formula is C16H25BrO4. The molecule has 0 saturated carbocycles. The first-order chi connectivity index (χ1) is 10.2. The number of hydrogen-bond donors (Lipinski definition) is 0. The van der Waals surface area contributed by atoms with E-state index in [9.17, 15) is 0 Å². The standard InChI is InChI=1S/C16H25BrO4/c1-5-8-9-21-15-10-12(13(17)11-14(15)18-4)16(19-6-2)20-7-3/h10-11,16H,5-9H2,1-4H3. The minimum absolute atomic E-state index is 0.409. The molecule has 0 aliphatic carbocycles. The summed E-state index contributed by atoms with van der Waals surface area (Å²) in [5.74, 6) is 1.42. The van der Waals surface area contributed by atoms with E-state index in [1.165, 1.54) is 0 Å². The first kappa shape index (κ1) is 18.3. The molecule has 0 fully saturated rings. The summed E-state index contributed by atoms with van der Waals surface area (Å²) in [6, 6.07) is 3.82. The summed E-state index contributed by atoms with van der Waals surface area (Å²) in [7, 11) is 1.64. The maximum absolute atomic E-state index is 5.81. The predicted molar refractivity (Wildman–Crippen MR) is 87.1 cm³/mol. The number of halogens is 1. The zero-order valence-corrected chi connectivity index (χ0v) is 14.9. The molecular weight excluding hydrogens is 336 g/mol. The summed E-state index contributed by atoms with van der Waals surface area (Å²) in [6.07, 6.45) is 1.69. The maximum atomic E-state index is 5.81. The molecule has 0 amide bonds. The van der Waals surface area contributed by atoms with Gasteiger partial charge in [0.15, 0.2) is 17.8 Å². The lowest BCUT2D eigenvalue weighted by Crippen LogP contribution is -2.10. The van der Waals surface area contributed by atoms with Crippen LogP contribution < -0.4 is 9.47 Å². The SMILES string of the molecule is CCCCOc1cc(C(OCC)OCC)c(Br)cc1OC. The number of benzene rings is 1. The number of ether oxygens (including phenoxy) is 4. The second-order valence-electron chi connectivity index (χ2n) is 4.47. The smallest absolute Gasteiger partial charge is 0.184 e. The quantitative estimate of drug-likeness (QED) is 0.447. The second kappa shape index (κ2) is 10.0. The molecule has 0 aliphatic heterocycles. The first-order valence-electron chi connectivity index (χ1n) is 7.41. The monoisotopic (exact) mass is 360 g/mol. The van der Waals surface area contributed by atoms with Crippen LogP contribution in [0.3, 0.4) is 0 Å². The summed E-state index contributed by atoms with van der Waals surface area (Å²) >= 11 is 3.55. The normalized spacial score (nSPS) is 11.0. The van der Waals surface area contributed by atoms with Crippen LogP contribution >= 0.6 is 15.9 Å². The van der Waals surface area contributed by atoms with Crippen LogP contribution in [0.1, 0.15) is 45.5 Å². The summed E-state index contributed by atoms with van der Waals surface area (Å²) < 4.78 is 23.4. The van der Waals surface area contributed by atoms with Crippen molar-refractivity contribution >= 4 is 15.9 Å². The van der Waals surface area contributed by atoms with Crippen LogP contribution in [0.5, 0.6) is 11.5 Å². The van der Waals surface area contributed by atoms with Gasteiger partial charge in [-0.1, -0.05) is 29.3 Å². The highest BCUT2D eigenvalue weighted by Gasteiger charge is 2.19. The molecule has 5 heteroatoms. The minimum atomic E-state index is -0.409. The van der Waals surface area contributed by atoms with Crippen molar-refractivity contribution in [3.8, 4) is 11.5 Å². The Hall–Kier alpha value is -0.780. The molecule has 0 N–H and O–H groups in total. The van der Waals surface area contributed by atoms with Gasteiger partial charge in [-0.15, -0.1) is 0 Å². The zero-order valence-electron chi connectivity index (χ0n) is 13.3. The van der Waals surface area contributed by atoms with Gasteiger partial charge in [-0.3, -0.25) is 0 Å². The fourth-order valence-electron chi connectivity index (χ4n) is 1.86. The van der Waals surface area contributed by atoms with Crippen molar-refractivity contribution < 1.29 is 18.9 Å². The lowest BCUT2D eigenvalue weighted by atomic mass is 10.2. The molecule has 0 atom stereocenters. The van der Waals surface area contributed by atoms with Gasteiger partial charge in [-0.2, -0.15) is 0 Å². The third kappa shape index (κ3) is 5.49. The van der Waals surface area contributed by atoms with Gasteiger partial charge in [0, 0.05) is 23.2 Å². The van der Waals surface area contributed by atoms with Crippen molar-refractivity contribution in [2.75, 3.05) is 26.9 Å². The minimum Gasteiger partial charge on any atom is -0.493 e. The average molecular weight is 361 g/mol. The fourth-order valence-corrected chi connectivity index (χ4v) is 2.37. The predicted octanol–water partition coefficient (Wildman–Crippen LogP) is 4.71. The van der Waals surface area contributed by atoms with Crippen LogP contribution in [0.4, 0.5) is 0 Å². The Morgan fingerprint density at radius 1 is 1.05 bits per heavy atom. The Balaban J connectivity index is 3.04. The van der Waals surface area contributed by atoms with E-state index in [0.29, 0.717) is 31.3 Å². The molecule has 0 aliphatic rings. The number of unbranched alkanes of at least 4 members (excludes halogenated alkanes) is 1. The van der Waals surface area contributed by atoms with E-state index in [1.807, 2.05) is 26.0 Å². The zero-order chi connectivity index (χ0) is 15.7. The van der Waals surface area contributed by atoms with E-state index >= 15 is 0 Å². The van der Waals surface area contributed by atoms with Gasteiger partial charge in [0.1, 0.15) is 0 Å². The molecule has 1 rings (SSSR count). The van der Waals surface area contributed by atoms with Gasteiger partial charge in [0.05, 0.1) is 13.7 Å². The van der Waals surface area contributed by atoms with Gasteiger partial charge in [-0.25, -0.2) is 0 Å². The topological polar surface area (TPSA) is 36.9 Å². The summed E-state index contributed by atoms with van der Waals surface area (Å²) in [5.41, 5.74) is 0.908. The van der Waals surface area contributed by atoms with E-state index in [0.717, 1.165) is 22.9 Å². The van der Waals surface area contributed by atoms with Crippen molar-refractivity contribution in [2.45, 2.75) is 39.9 Å². The molecule has 0 saturated heterocycles.